The molecule has 1 aromatic heterocycles. The molecule has 0 spiro atoms. The Balaban J connectivity index is 1.39. The van der Waals surface area contributed by atoms with Gasteiger partial charge in [0.2, 0.25) is 0 Å². The molecule has 146 valence electrons. The summed E-state index contributed by atoms with van der Waals surface area (Å²) in [6.45, 7) is 5.83. The molecule has 0 saturated carbocycles. The van der Waals surface area contributed by atoms with E-state index in [-0.39, 0.29) is 11.9 Å². The number of ether oxygens (including phenoxy) is 1. The first-order valence-electron chi connectivity index (χ1n) is 9.91. The minimum absolute atomic E-state index is 0.191. The number of halogens is 1. The summed E-state index contributed by atoms with van der Waals surface area (Å²) in [6, 6.07) is 5.63. The zero-order valence-corrected chi connectivity index (χ0v) is 16.1. The van der Waals surface area contributed by atoms with E-state index in [1.54, 1.807) is 17.0 Å². The smallest absolute Gasteiger partial charge is 0.409 e. The average Bonchev–Trinajstić information content (AvgIpc) is 3.02. The SMILES string of the molecule is COC(=O)N1CCC(N2CCC(c3c(C)[nH]c4cc(F)ccc34)CC2)CC1. The maximum absolute atomic E-state index is 13.5. The molecule has 1 aromatic carbocycles. The van der Waals surface area contributed by atoms with Crippen molar-refractivity contribution in [1.82, 2.24) is 14.8 Å². The fraction of sp³-hybridized carbons (Fsp3) is 0.571. The lowest BCUT2D eigenvalue weighted by Gasteiger charge is -2.41. The van der Waals surface area contributed by atoms with Gasteiger partial charge in [0.05, 0.1) is 7.11 Å². The van der Waals surface area contributed by atoms with Crippen molar-refractivity contribution in [3.05, 3.63) is 35.3 Å². The van der Waals surface area contributed by atoms with E-state index in [9.17, 15) is 9.18 Å². The number of hydrogen-bond donors (Lipinski definition) is 1. The molecule has 2 fully saturated rings. The number of methoxy groups -OCH3 is 1. The monoisotopic (exact) mass is 373 g/mol. The standard InChI is InChI=1S/C21H28FN3O2/c1-14-20(18-4-3-16(22)13-19(18)23-14)15-5-9-24(10-6-15)17-7-11-25(12-8-17)21(26)27-2/h3-4,13,15,17,23H,5-12H2,1-2H3. The van der Waals surface area contributed by atoms with Gasteiger partial charge >= 0.3 is 6.09 Å². The van der Waals surface area contributed by atoms with E-state index in [1.165, 1.54) is 23.8 Å². The van der Waals surface area contributed by atoms with Crippen molar-refractivity contribution in [2.24, 2.45) is 0 Å². The van der Waals surface area contributed by atoms with Gasteiger partial charge in [0.15, 0.2) is 0 Å². The van der Waals surface area contributed by atoms with Crippen LogP contribution in [0.1, 0.15) is 42.9 Å². The van der Waals surface area contributed by atoms with Crippen molar-refractivity contribution in [3.8, 4) is 0 Å². The number of benzene rings is 1. The molecule has 1 amide bonds. The van der Waals surface area contributed by atoms with E-state index in [1.807, 2.05) is 6.07 Å². The minimum Gasteiger partial charge on any atom is -0.453 e. The van der Waals surface area contributed by atoms with Crippen LogP contribution < -0.4 is 0 Å². The normalized spacial score (nSPS) is 20.3. The molecule has 27 heavy (non-hydrogen) atoms. The lowest BCUT2D eigenvalue weighted by atomic mass is 9.86. The molecule has 2 saturated heterocycles. The summed E-state index contributed by atoms with van der Waals surface area (Å²) >= 11 is 0. The number of aromatic amines is 1. The van der Waals surface area contributed by atoms with E-state index in [2.05, 4.69) is 16.8 Å². The molecule has 1 N–H and O–H groups in total. The topological polar surface area (TPSA) is 48.6 Å². The van der Waals surface area contributed by atoms with E-state index < -0.39 is 0 Å². The average molecular weight is 373 g/mol. The quantitative estimate of drug-likeness (QED) is 0.865. The highest BCUT2D eigenvalue weighted by atomic mass is 19.1. The number of hydrogen-bond acceptors (Lipinski definition) is 3. The van der Waals surface area contributed by atoms with Crippen LogP contribution in [0, 0.1) is 12.7 Å². The second-order valence-electron chi connectivity index (χ2n) is 7.85. The van der Waals surface area contributed by atoms with Crippen molar-refractivity contribution < 1.29 is 13.9 Å². The summed E-state index contributed by atoms with van der Waals surface area (Å²) in [5.41, 5.74) is 3.44. The highest BCUT2D eigenvalue weighted by Gasteiger charge is 2.31. The van der Waals surface area contributed by atoms with Crippen LogP contribution in [0.2, 0.25) is 0 Å². The molecule has 0 atom stereocenters. The Kier molecular flexibility index (Phi) is 5.08. The number of fused-ring (bicyclic) bond motifs is 1. The van der Waals surface area contributed by atoms with Gasteiger partial charge in [0.1, 0.15) is 5.82 Å². The number of rotatable bonds is 2. The minimum atomic E-state index is -0.210. The number of amides is 1. The Labute approximate surface area is 159 Å². The first-order valence-corrected chi connectivity index (χ1v) is 9.91. The number of likely N-dealkylation sites (tertiary alicyclic amines) is 2. The number of aromatic nitrogens is 1. The summed E-state index contributed by atoms with van der Waals surface area (Å²) < 4.78 is 18.3. The van der Waals surface area contributed by atoms with Gasteiger partial charge in [-0.2, -0.15) is 0 Å². The van der Waals surface area contributed by atoms with Crippen molar-refractivity contribution in [2.75, 3.05) is 33.3 Å². The molecular weight excluding hydrogens is 345 g/mol. The van der Waals surface area contributed by atoms with Crippen LogP contribution in [0.25, 0.3) is 10.9 Å². The van der Waals surface area contributed by atoms with Crippen LogP contribution in [0.4, 0.5) is 9.18 Å². The lowest BCUT2D eigenvalue weighted by Crippen LogP contribution is -2.48. The summed E-state index contributed by atoms with van der Waals surface area (Å²) in [5, 5.41) is 1.17. The van der Waals surface area contributed by atoms with Crippen molar-refractivity contribution in [2.45, 2.75) is 44.6 Å². The fourth-order valence-electron chi connectivity index (χ4n) is 4.95. The number of carbonyl (C=O) groups is 1. The highest BCUT2D eigenvalue weighted by Crippen LogP contribution is 2.37. The first-order chi connectivity index (χ1) is 13.1. The number of nitrogens with one attached hydrogen (secondary N) is 1. The molecule has 0 unspecified atom stereocenters. The zero-order valence-electron chi connectivity index (χ0n) is 16.1. The number of aryl methyl sites for hydroxylation is 1. The van der Waals surface area contributed by atoms with Crippen LogP contribution in [-0.4, -0.2) is 60.2 Å². The Morgan fingerprint density at radius 2 is 1.85 bits per heavy atom. The van der Waals surface area contributed by atoms with Gasteiger partial charge in [-0.3, -0.25) is 0 Å². The van der Waals surface area contributed by atoms with Crippen molar-refractivity contribution in [1.29, 1.82) is 0 Å². The van der Waals surface area contributed by atoms with Crippen molar-refractivity contribution >= 4 is 17.0 Å². The summed E-state index contributed by atoms with van der Waals surface area (Å²) in [5.74, 6) is 0.332. The van der Waals surface area contributed by atoms with Gasteiger partial charge in [-0.05, 0) is 75.4 Å². The molecular formula is C21H28FN3O2. The third kappa shape index (κ3) is 3.55. The van der Waals surface area contributed by atoms with Crippen molar-refractivity contribution in [3.63, 3.8) is 0 Å². The second kappa shape index (κ2) is 7.50. The molecule has 6 heteroatoms. The Bertz CT molecular complexity index is 818. The van der Waals surface area contributed by atoms with Gasteiger partial charge < -0.3 is 19.5 Å². The van der Waals surface area contributed by atoms with E-state index in [0.717, 1.165) is 57.4 Å². The third-order valence-electron chi connectivity index (χ3n) is 6.35. The number of H-pyrrole nitrogens is 1. The van der Waals surface area contributed by atoms with Gasteiger partial charge in [-0.25, -0.2) is 9.18 Å². The number of nitrogens with zero attached hydrogens (tertiary/aromatic N) is 2. The summed E-state index contributed by atoms with van der Waals surface area (Å²) in [7, 11) is 1.44. The maximum atomic E-state index is 13.5. The molecule has 5 nitrogen and oxygen atoms in total. The fourth-order valence-corrected chi connectivity index (χ4v) is 4.95. The Morgan fingerprint density at radius 1 is 1.15 bits per heavy atom. The molecule has 2 aromatic rings. The van der Waals surface area contributed by atoms with Crippen LogP contribution in [0.5, 0.6) is 0 Å². The summed E-state index contributed by atoms with van der Waals surface area (Å²) in [6.07, 6.45) is 4.08. The molecule has 4 rings (SSSR count). The van der Waals surface area contributed by atoms with Crippen LogP contribution in [0.3, 0.4) is 0 Å². The highest BCUT2D eigenvalue weighted by molar-refractivity contribution is 5.85. The predicted octanol–water partition coefficient (Wildman–Crippen LogP) is 4.03. The van der Waals surface area contributed by atoms with Gasteiger partial charge in [-0.1, -0.05) is 0 Å². The van der Waals surface area contributed by atoms with Crippen LogP contribution in [0.15, 0.2) is 18.2 Å². The predicted molar refractivity (Wildman–Crippen MR) is 104 cm³/mol. The van der Waals surface area contributed by atoms with Crippen LogP contribution in [-0.2, 0) is 4.74 Å². The molecule has 0 bridgehead atoms. The van der Waals surface area contributed by atoms with Crippen LogP contribution >= 0.6 is 0 Å². The number of piperidine rings is 2. The van der Waals surface area contributed by atoms with E-state index >= 15 is 0 Å². The van der Waals surface area contributed by atoms with E-state index in [4.69, 9.17) is 4.74 Å². The maximum Gasteiger partial charge on any atom is 0.409 e. The zero-order chi connectivity index (χ0) is 19.0. The van der Waals surface area contributed by atoms with Gasteiger partial charge in [-0.15, -0.1) is 0 Å². The lowest BCUT2D eigenvalue weighted by molar-refractivity contribution is 0.0734. The largest absolute Gasteiger partial charge is 0.453 e. The first kappa shape index (κ1) is 18.3. The molecule has 0 aliphatic carbocycles. The Morgan fingerprint density at radius 3 is 2.52 bits per heavy atom. The molecule has 2 aliphatic rings. The van der Waals surface area contributed by atoms with Gasteiger partial charge in [0.25, 0.3) is 0 Å². The summed E-state index contributed by atoms with van der Waals surface area (Å²) in [4.78, 5) is 19.4. The second-order valence-corrected chi connectivity index (χ2v) is 7.85. The molecule has 2 aliphatic heterocycles. The number of carbonyl (C=O) groups excluding carboxylic acids is 1. The van der Waals surface area contributed by atoms with E-state index in [0.29, 0.717) is 12.0 Å². The third-order valence-corrected chi connectivity index (χ3v) is 6.35. The van der Waals surface area contributed by atoms with Gasteiger partial charge in [0, 0.05) is 35.7 Å². The Hall–Kier alpha value is -2.08. The molecule has 0 radical (unpaired) electrons. The molecule has 3 heterocycles.